The second-order valence-corrected chi connectivity index (χ2v) is 7.74. The second-order valence-electron chi connectivity index (χ2n) is 7.74. The third kappa shape index (κ3) is 3.56. The van der Waals surface area contributed by atoms with Crippen LogP contribution >= 0.6 is 0 Å². The van der Waals surface area contributed by atoms with Crippen LogP contribution < -0.4 is 0 Å². The van der Waals surface area contributed by atoms with Gasteiger partial charge in [-0.2, -0.15) is 0 Å². The molecule has 0 bridgehead atoms. The van der Waals surface area contributed by atoms with Crippen LogP contribution in [0.2, 0.25) is 0 Å². The summed E-state index contributed by atoms with van der Waals surface area (Å²) in [4.78, 5) is 21.4. The van der Waals surface area contributed by atoms with Gasteiger partial charge in [0, 0.05) is 58.3 Å². The van der Waals surface area contributed by atoms with Crippen molar-refractivity contribution in [2.45, 2.75) is 45.2 Å². The molecule has 2 atom stereocenters. The fraction of sp³-hybridized carbons (Fsp3) is 0.600. The number of amides is 1. The fourth-order valence-corrected chi connectivity index (χ4v) is 4.48. The van der Waals surface area contributed by atoms with Crippen molar-refractivity contribution in [1.82, 2.24) is 19.4 Å². The highest BCUT2D eigenvalue weighted by Gasteiger charge is 2.39. The Bertz CT molecular complexity index is 765. The Kier molecular flexibility index (Phi) is 4.85. The van der Waals surface area contributed by atoms with E-state index >= 15 is 0 Å². The highest BCUT2D eigenvalue weighted by atomic mass is 16.3. The molecule has 0 saturated carbocycles. The average Bonchev–Trinajstić information content (AvgIpc) is 3.22. The summed E-state index contributed by atoms with van der Waals surface area (Å²) in [6.45, 7) is 5.78. The molecule has 26 heavy (non-hydrogen) atoms. The number of hydrogen-bond acceptors (Lipinski definition) is 4. The molecule has 0 N–H and O–H groups in total. The lowest BCUT2D eigenvalue weighted by Crippen LogP contribution is -2.56. The first-order chi connectivity index (χ1) is 12.6. The molecule has 0 aliphatic carbocycles. The third-order valence-electron chi connectivity index (χ3n) is 5.92. The van der Waals surface area contributed by atoms with E-state index in [-0.39, 0.29) is 0 Å². The molecule has 6 heteroatoms. The normalized spacial score (nSPS) is 24.1. The number of aryl methyl sites for hydroxylation is 2. The van der Waals surface area contributed by atoms with E-state index in [1.165, 1.54) is 5.69 Å². The number of hydrogen-bond donors (Lipinski definition) is 0. The van der Waals surface area contributed by atoms with E-state index in [9.17, 15) is 4.79 Å². The van der Waals surface area contributed by atoms with Gasteiger partial charge in [-0.1, -0.05) is 0 Å². The summed E-state index contributed by atoms with van der Waals surface area (Å²) in [6, 6.07) is 4.40. The van der Waals surface area contributed by atoms with E-state index in [0.29, 0.717) is 24.3 Å². The molecule has 2 aliphatic heterocycles. The Hall–Kier alpha value is -2.08. The van der Waals surface area contributed by atoms with E-state index < -0.39 is 0 Å². The molecule has 1 amide bonds. The Balaban J connectivity index is 1.38. The van der Waals surface area contributed by atoms with Gasteiger partial charge >= 0.3 is 0 Å². The number of carbonyl (C=O) groups is 1. The molecule has 2 aliphatic rings. The molecular weight excluding hydrogens is 328 g/mol. The van der Waals surface area contributed by atoms with Crippen LogP contribution in [0.5, 0.6) is 0 Å². The van der Waals surface area contributed by atoms with Crippen molar-refractivity contribution in [1.29, 1.82) is 0 Å². The second kappa shape index (κ2) is 7.27. The van der Waals surface area contributed by atoms with Crippen LogP contribution in [0.1, 0.15) is 36.5 Å². The number of likely N-dealkylation sites (tertiary alicyclic amines) is 2. The number of aromatic nitrogens is 2. The van der Waals surface area contributed by atoms with Gasteiger partial charge in [-0.3, -0.25) is 9.69 Å². The lowest BCUT2D eigenvalue weighted by molar-refractivity contribution is -0.141. The van der Waals surface area contributed by atoms with Gasteiger partial charge < -0.3 is 13.9 Å². The van der Waals surface area contributed by atoms with Crippen molar-refractivity contribution in [2.75, 3.05) is 19.6 Å². The largest absolute Gasteiger partial charge is 0.466 e. The van der Waals surface area contributed by atoms with Crippen molar-refractivity contribution in [2.24, 2.45) is 13.0 Å². The zero-order valence-corrected chi connectivity index (χ0v) is 15.7. The van der Waals surface area contributed by atoms with E-state index in [0.717, 1.165) is 57.0 Å². The Labute approximate surface area is 154 Å². The van der Waals surface area contributed by atoms with Gasteiger partial charge in [0.05, 0.1) is 12.0 Å². The summed E-state index contributed by atoms with van der Waals surface area (Å²) in [7, 11) is 2.05. The summed E-state index contributed by atoms with van der Waals surface area (Å²) in [5, 5.41) is 0. The first kappa shape index (κ1) is 17.3. The summed E-state index contributed by atoms with van der Waals surface area (Å²) in [6.07, 6.45) is 7.38. The quantitative estimate of drug-likeness (QED) is 0.825. The average molecular weight is 356 g/mol. The van der Waals surface area contributed by atoms with Gasteiger partial charge in [-0.25, -0.2) is 4.98 Å². The maximum Gasteiger partial charge on any atom is 0.222 e. The van der Waals surface area contributed by atoms with Gasteiger partial charge in [-0.15, -0.1) is 0 Å². The minimum Gasteiger partial charge on any atom is -0.466 e. The molecule has 0 aromatic carbocycles. The van der Waals surface area contributed by atoms with Crippen molar-refractivity contribution in [3.05, 3.63) is 41.9 Å². The minimum absolute atomic E-state index is 0.314. The Morgan fingerprint density at radius 1 is 1.31 bits per heavy atom. The van der Waals surface area contributed by atoms with Crippen LogP contribution in [0, 0.1) is 12.8 Å². The molecule has 6 nitrogen and oxygen atoms in total. The zero-order valence-electron chi connectivity index (χ0n) is 15.7. The Morgan fingerprint density at radius 2 is 2.19 bits per heavy atom. The van der Waals surface area contributed by atoms with Crippen molar-refractivity contribution >= 4 is 5.91 Å². The number of piperidine rings is 2. The molecule has 0 spiro atoms. The van der Waals surface area contributed by atoms with Crippen LogP contribution in [0.25, 0.3) is 0 Å². The number of furan rings is 1. The summed E-state index contributed by atoms with van der Waals surface area (Å²) in [5.41, 5.74) is 1.25. The maximum atomic E-state index is 12.5. The van der Waals surface area contributed by atoms with Crippen molar-refractivity contribution in [3.63, 3.8) is 0 Å². The lowest BCUT2D eigenvalue weighted by atomic mass is 9.83. The molecule has 2 saturated heterocycles. The topological polar surface area (TPSA) is 54.5 Å². The monoisotopic (exact) mass is 356 g/mol. The zero-order chi connectivity index (χ0) is 18.1. The van der Waals surface area contributed by atoms with Gasteiger partial charge in [-0.05, 0) is 37.8 Å². The molecule has 2 fully saturated rings. The first-order valence-corrected chi connectivity index (χ1v) is 9.62. The Morgan fingerprint density at radius 3 is 2.92 bits per heavy atom. The number of carbonyl (C=O) groups excluding carboxylic acids is 1. The first-order valence-electron chi connectivity index (χ1n) is 9.62. The minimum atomic E-state index is 0.314. The van der Waals surface area contributed by atoms with Gasteiger partial charge in [0.25, 0.3) is 0 Å². The van der Waals surface area contributed by atoms with Crippen LogP contribution in [0.4, 0.5) is 0 Å². The number of imidazole rings is 1. The summed E-state index contributed by atoms with van der Waals surface area (Å²) in [5.74, 6) is 2.81. The van der Waals surface area contributed by atoms with Crippen molar-refractivity contribution in [3.8, 4) is 0 Å². The van der Waals surface area contributed by atoms with Crippen LogP contribution in [0.3, 0.4) is 0 Å². The molecule has 2 aromatic heterocycles. The maximum absolute atomic E-state index is 12.5. The molecule has 140 valence electrons. The number of fused-ring (bicyclic) bond motifs is 1. The van der Waals surface area contributed by atoms with Gasteiger partial charge in [0.2, 0.25) is 5.91 Å². The summed E-state index contributed by atoms with van der Waals surface area (Å²) < 4.78 is 7.77. The molecule has 4 heterocycles. The highest BCUT2D eigenvalue weighted by Crippen LogP contribution is 2.32. The van der Waals surface area contributed by atoms with Gasteiger partial charge in [0.1, 0.15) is 11.5 Å². The van der Waals surface area contributed by atoms with E-state index in [4.69, 9.17) is 4.42 Å². The summed E-state index contributed by atoms with van der Waals surface area (Å²) >= 11 is 0. The molecule has 0 unspecified atom stereocenters. The fourth-order valence-electron chi connectivity index (χ4n) is 4.48. The van der Waals surface area contributed by atoms with Crippen LogP contribution in [0.15, 0.2) is 29.1 Å². The molecule has 2 aromatic rings. The molecule has 0 radical (unpaired) electrons. The lowest BCUT2D eigenvalue weighted by Gasteiger charge is -2.47. The van der Waals surface area contributed by atoms with Gasteiger partial charge in [0.15, 0.2) is 0 Å². The smallest absolute Gasteiger partial charge is 0.222 e. The standard InChI is InChI=1S/C20H28N4O2/c1-15-3-5-18(26-15)7-10-24-19-8-9-23(12-16(19)4-6-20(24)25)13-17-11-21-14-22(17)2/h3,5,11,14,16,19H,4,6-10,12-13H2,1-2H3/t16-,19+/m0/s1. The van der Waals surface area contributed by atoms with E-state index in [1.807, 2.05) is 38.6 Å². The number of rotatable bonds is 5. The number of nitrogens with zero attached hydrogens (tertiary/aromatic N) is 4. The molecular formula is C20H28N4O2. The SMILES string of the molecule is Cc1ccc(CCN2C(=O)CC[C@H]3CN(Cc4cncn4C)CC[C@H]32)o1. The predicted octanol–water partition coefficient (Wildman–Crippen LogP) is 2.38. The molecule has 4 rings (SSSR count). The van der Waals surface area contributed by atoms with Crippen LogP contribution in [-0.4, -0.2) is 50.9 Å². The van der Waals surface area contributed by atoms with Crippen LogP contribution in [-0.2, 0) is 24.8 Å². The highest BCUT2D eigenvalue weighted by molar-refractivity contribution is 5.77. The third-order valence-corrected chi connectivity index (χ3v) is 5.92. The van der Waals surface area contributed by atoms with E-state index in [2.05, 4.69) is 19.4 Å². The predicted molar refractivity (Wildman–Crippen MR) is 98.5 cm³/mol. The van der Waals surface area contributed by atoms with Crippen molar-refractivity contribution < 1.29 is 9.21 Å². The van der Waals surface area contributed by atoms with E-state index in [1.54, 1.807) is 0 Å².